The largest absolute Gasteiger partial charge is 0.372 e. The number of H-pyrrole nitrogens is 1. The molecule has 3 aromatic rings. The Labute approximate surface area is 144 Å². The molecule has 0 spiro atoms. The van der Waals surface area contributed by atoms with E-state index in [1.165, 1.54) is 0 Å². The molecular weight excluding hydrogens is 320 g/mol. The van der Waals surface area contributed by atoms with Crippen LogP contribution >= 0.6 is 0 Å². The molecule has 2 N–H and O–H groups in total. The summed E-state index contributed by atoms with van der Waals surface area (Å²) in [6, 6.07) is 5.48. The van der Waals surface area contributed by atoms with Crippen molar-refractivity contribution in [2.24, 2.45) is 0 Å². The van der Waals surface area contributed by atoms with Crippen LogP contribution in [0.2, 0.25) is 0 Å². The standard InChI is InChI=1S/C17H18N6O2/c1-18-16-15(19-4-5-20-16)14-9-23(6-7-25-14)17(24)11-2-3-12-13(8-11)22-10-21-12/h2-5,8,10,14H,6-7,9H2,1H3,(H,18,20)(H,21,22)/t14-/m1/s1. The molecule has 0 radical (unpaired) electrons. The minimum absolute atomic E-state index is 0.0281. The maximum Gasteiger partial charge on any atom is 0.254 e. The molecule has 1 amide bonds. The van der Waals surface area contributed by atoms with Gasteiger partial charge in [-0.25, -0.2) is 9.97 Å². The third-order valence-corrected chi connectivity index (χ3v) is 4.29. The number of imidazole rings is 1. The first-order valence-corrected chi connectivity index (χ1v) is 8.09. The fourth-order valence-electron chi connectivity index (χ4n) is 3.03. The molecule has 2 aromatic heterocycles. The second-order valence-electron chi connectivity index (χ2n) is 5.79. The molecule has 8 heteroatoms. The maximum atomic E-state index is 12.9. The van der Waals surface area contributed by atoms with Crippen molar-refractivity contribution in [3.05, 3.63) is 48.2 Å². The number of ether oxygens (including phenoxy) is 1. The molecule has 1 aliphatic rings. The summed E-state index contributed by atoms with van der Waals surface area (Å²) in [5.74, 6) is 0.639. The maximum absolute atomic E-state index is 12.9. The molecule has 1 fully saturated rings. The molecule has 25 heavy (non-hydrogen) atoms. The molecule has 1 saturated heterocycles. The van der Waals surface area contributed by atoms with E-state index >= 15 is 0 Å². The SMILES string of the molecule is CNc1nccnc1[C@H]1CN(C(=O)c2ccc3nc[nH]c3c2)CCO1. The van der Waals surface area contributed by atoms with Crippen LogP contribution < -0.4 is 5.32 Å². The molecule has 8 nitrogen and oxygen atoms in total. The van der Waals surface area contributed by atoms with Crippen LogP contribution in [0.3, 0.4) is 0 Å². The first-order chi connectivity index (χ1) is 12.3. The van der Waals surface area contributed by atoms with Crippen LogP contribution in [0.25, 0.3) is 11.0 Å². The number of aromatic nitrogens is 4. The number of amides is 1. The number of hydrogen-bond acceptors (Lipinski definition) is 6. The fraction of sp³-hybridized carbons (Fsp3) is 0.294. The van der Waals surface area contributed by atoms with E-state index in [9.17, 15) is 4.79 Å². The molecule has 1 aromatic carbocycles. The van der Waals surface area contributed by atoms with Gasteiger partial charge in [0, 0.05) is 31.5 Å². The minimum atomic E-state index is -0.301. The van der Waals surface area contributed by atoms with Gasteiger partial charge in [0.05, 0.1) is 30.5 Å². The lowest BCUT2D eigenvalue weighted by Crippen LogP contribution is -2.42. The number of nitrogens with zero attached hydrogens (tertiary/aromatic N) is 4. The second kappa shape index (κ2) is 6.48. The molecular formula is C17H18N6O2. The van der Waals surface area contributed by atoms with E-state index in [-0.39, 0.29) is 12.0 Å². The number of nitrogens with one attached hydrogen (secondary N) is 2. The fourth-order valence-corrected chi connectivity index (χ4v) is 3.03. The van der Waals surface area contributed by atoms with Crippen molar-refractivity contribution in [2.75, 3.05) is 32.1 Å². The zero-order valence-electron chi connectivity index (χ0n) is 13.8. The van der Waals surface area contributed by atoms with Crippen LogP contribution in [0, 0.1) is 0 Å². The molecule has 1 atom stereocenters. The summed E-state index contributed by atoms with van der Waals surface area (Å²) in [6.07, 6.45) is 4.58. The van der Waals surface area contributed by atoms with Gasteiger partial charge in [0.25, 0.3) is 5.91 Å². The zero-order chi connectivity index (χ0) is 17.2. The highest BCUT2D eigenvalue weighted by Gasteiger charge is 2.29. The van der Waals surface area contributed by atoms with Crippen molar-refractivity contribution in [3.63, 3.8) is 0 Å². The van der Waals surface area contributed by atoms with Crippen molar-refractivity contribution >= 4 is 22.8 Å². The van der Waals surface area contributed by atoms with Gasteiger partial charge in [-0.1, -0.05) is 0 Å². The lowest BCUT2D eigenvalue weighted by molar-refractivity contribution is -0.0245. The van der Waals surface area contributed by atoms with E-state index in [0.717, 1.165) is 11.0 Å². The van der Waals surface area contributed by atoms with Gasteiger partial charge >= 0.3 is 0 Å². The Morgan fingerprint density at radius 3 is 3.08 bits per heavy atom. The van der Waals surface area contributed by atoms with Crippen molar-refractivity contribution in [1.82, 2.24) is 24.8 Å². The molecule has 0 aliphatic carbocycles. The Morgan fingerprint density at radius 1 is 1.32 bits per heavy atom. The Kier molecular flexibility index (Phi) is 4.02. The van der Waals surface area contributed by atoms with Crippen molar-refractivity contribution in [3.8, 4) is 0 Å². The third-order valence-electron chi connectivity index (χ3n) is 4.29. The summed E-state index contributed by atoms with van der Waals surface area (Å²) in [6.45, 7) is 1.45. The second-order valence-corrected chi connectivity index (χ2v) is 5.79. The normalized spacial score (nSPS) is 17.6. The quantitative estimate of drug-likeness (QED) is 0.753. The van der Waals surface area contributed by atoms with Crippen molar-refractivity contribution in [1.29, 1.82) is 0 Å². The average Bonchev–Trinajstić information content (AvgIpc) is 3.15. The smallest absolute Gasteiger partial charge is 0.254 e. The summed E-state index contributed by atoms with van der Waals surface area (Å²) in [7, 11) is 1.79. The lowest BCUT2D eigenvalue weighted by Gasteiger charge is -2.33. The Hall–Kier alpha value is -3.00. The molecule has 3 heterocycles. The van der Waals surface area contributed by atoms with Gasteiger partial charge in [0.15, 0.2) is 0 Å². The van der Waals surface area contributed by atoms with E-state index < -0.39 is 0 Å². The molecule has 4 rings (SSSR count). The minimum Gasteiger partial charge on any atom is -0.372 e. The Morgan fingerprint density at radius 2 is 2.20 bits per heavy atom. The van der Waals surface area contributed by atoms with Crippen molar-refractivity contribution in [2.45, 2.75) is 6.10 Å². The van der Waals surface area contributed by atoms with Crippen LogP contribution in [-0.2, 0) is 4.74 Å². The number of rotatable bonds is 3. The number of benzene rings is 1. The van der Waals surface area contributed by atoms with E-state index in [4.69, 9.17) is 4.74 Å². The summed E-state index contributed by atoms with van der Waals surface area (Å²) >= 11 is 0. The number of carbonyl (C=O) groups is 1. The van der Waals surface area contributed by atoms with Gasteiger partial charge in [0.2, 0.25) is 0 Å². The molecule has 0 bridgehead atoms. The van der Waals surface area contributed by atoms with Gasteiger partial charge in [-0.05, 0) is 18.2 Å². The zero-order valence-corrected chi connectivity index (χ0v) is 13.8. The van der Waals surface area contributed by atoms with Crippen LogP contribution in [0.4, 0.5) is 5.82 Å². The van der Waals surface area contributed by atoms with Crippen LogP contribution in [0.15, 0.2) is 36.9 Å². The van der Waals surface area contributed by atoms with E-state index in [1.807, 2.05) is 12.1 Å². The van der Waals surface area contributed by atoms with Gasteiger partial charge < -0.3 is 19.9 Å². The first-order valence-electron chi connectivity index (χ1n) is 8.09. The topological polar surface area (TPSA) is 96.0 Å². The Bertz CT molecular complexity index is 909. The molecule has 128 valence electrons. The summed E-state index contributed by atoms with van der Waals surface area (Å²) < 4.78 is 5.83. The summed E-state index contributed by atoms with van der Waals surface area (Å²) in [5, 5.41) is 3.02. The van der Waals surface area contributed by atoms with Crippen LogP contribution in [0.1, 0.15) is 22.2 Å². The highest BCUT2D eigenvalue weighted by atomic mass is 16.5. The molecule has 1 aliphatic heterocycles. The van der Waals surface area contributed by atoms with Gasteiger partial charge in [-0.3, -0.25) is 9.78 Å². The van der Waals surface area contributed by atoms with Gasteiger partial charge in [-0.15, -0.1) is 0 Å². The molecule has 0 saturated carbocycles. The number of fused-ring (bicyclic) bond motifs is 1. The van der Waals surface area contributed by atoms with E-state index in [1.54, 1.807) is 36.7 Å². The number of carbonyl (C=O) groups excluding carboxylic acids is 1. The highest BCUT2D eigenvalue weighted by molar-refractivity contribution is 5.97. The van der Waals surface area contributed by atoms with E-state index in [0.29, 0.717) is 36.8 Å². The van der Waals surface area contributed by atoms with Gasteiger partial charge in [0.1, 0.15) is 17.6 Å². The highest BCUT2D eigenvalue weighted by Crippen LogP contribution is 2.26. The number of aromatic amines is 1. The van der Waals surface area contributed by atoms with Crippen molar-refractivity contribution < 1.29 is 9.53 Å². The van der Waals surface area contributed by atoms with Crippen LogP contribution in [0.5, 0.6) is 0 Å². The number of anilines is 1. The number of morpholine rings is 1. The monoisotopic (exact) mass is 338 g/mol. The lowest BCUT2D eigenvalue weighted by atomic mass is 10.1. The first kappa shape index (κ1) is 15.5. The molecule has 0 unspecified atom stereocenters. The summed E-state index contributed by atoms with van der Waals surface area (Å²) in [5.41, 5.74) is 3.04. The Balaban J connectivity index is 1.57. The van der Waals surface area contributed by atoms with Crippen LogP contribution in [-0.4, -0.2) is 57.5 Å². The number of hydrogen-bond donors (Lipinski definition) is 2. The van der Waals surface area contributed by atoms with Gasteiger partial charge in [-0.2, -0.15) is 0 Å². The average molecular weight is 338 g/mol. The predicted molar refractivity (Wildman–Crippen MR) is 92.3 cm³/mol. The summed E-state index contributed by atoms with van der Waals surface area (Å²) in [4.78, 5) is 30.5. The third kappa shape index (κ3) is 2.91. The predicted octanol–water partition coefficient (Wildman–Crippen LogP) is 1.61. The van der Waals surface area contributed by atoms with E-state index in [2.05, 4.69) is 25.3 Å².